The van der Waals surface area contributed by atoms with Crippen LogP contribution in [0.25, 0.3) is 0 Å². The summed E-state index contributed by atoms with van der Waals surface area (Å²) >= 11 is 1.23. The van der Waals surface area contributed by atoms with Gasteiger partial charge in [-0.3, -0.25) is 4.79 Å². The van der Waals surface area contributed by atoms with Crippen molar-refractivity contribution in [2.45, 2.75) is 20.8 Å². The number of amides is 1. The summed E-state index contributed by atoms with van der Waals surface area (Å²) in [7, 11) is 1.30. The second-order valence-electron chi connectivity index (χ2n) is 4.27. The predicted molar refractivity (Wildman–Crippen MR) is 74.3 cm³/mol. The van der Waals surface area contributed by atoms with Gasteiger partial charge in [0.2, 0.25) is 0 Å². The van der Waals surface area contributed by atoms with Crippen LogP contribution in [0.2, 0.25) is 0 Å². The molecule has 106 valence electrons. The lowest BCUT2D eigenvalue weighted by atomic mass is 10.2. The fourth-order valence-corrected chi connectivity index (χ4v) is 2.75. The van der Waals surface area contributed by atoms with E-state index in [0.717, 1.165) is 5.56 Å². The van der Waals surface area contributed by atoms with Crippen LogP contribution in [0, 0.1) is 20.8 Å². The zero-order valence-electron chi connectivity index (χ0n) is 11.6. The van der Waals surface area contributed by atoms with Crippen molar-refractivity contribution in [3.63, 3.8) is 0 Å². The minimum atomic E-state index is -0.475. The Balaban J connectivity index is 2.33. The molecule has 0 aliphatic rings. The molecule has 0 radical (unpaired) electrons. The van der Waals surface area contributed by atoms with Crippen LogP contribution in [0.1, 0.15) is 37.0 Å². The Labute approximate surface area is 119 Å². The van der Waals surface area contributed by atoms with Crippen molar-refractivity contribution < 1.29 is 18.8 Å². The zero-order chi connectivity index (χ0) is 14.9. The minimum Gasteiger partial charge on any atom is -0.465 e. The summed E-state index contributed by atoms with van der Waals surface area (Å²) in [6.45, 7) is 5.16. The van der Waals surface area contributed by atoms with Crippen molar-refractivity contribution in [3.8, 4) is 0 Å². The molecule has 2 heterocycles. The van der Waals surface area contributed by atoms with Crippen LogP contribution in [0.3, 0.4) is 0 Å². The number of rotatable bonds is 3. The molecule has 2 rings (SSSR count). The summed E-state index contributed by atoms with van der Waals surface area (Å²) in [5.41, 5.74) is 2.15. The molecule has 2 aromatic rings. The van der Waals surface area contributed by atoms with E-state index in [1.54, 1.807) is 19.2 Å². The summed E-state index contributed by atoms with van der Waals surface area (Å²) in [6, 6.07) is 0. The van der Waals surface area contributed by atoms with Crippen molar-refractivity contribution in [3.05, 3.63) is 32.8 Å². The molecule has 0 saturated heterocycles. The minimum absolute atomic E-state index is 0.354. The lowest BCUT2D eigenvalue weighted by molar-refractivity contribution is 0.0607. The first-order valence-corrected chi connectivity index (χ1v) is 6.74. The lowest BCUT2D eigenvalue weighted by Crippen LogP contribution is -2.16. The molecule has 0 spiro atoms. The third-order valence-electron chi connectivity index (χ3n) is 2.84. The molecule has 0 fully saturated rings. The van der Waals surface area contributed by atoms with Crippen LogP contribution in [0.4, 0.5) is 5.69 Å². The number of aromatic nitrogens is 1. The molecule has 0 atom stereocenters. The lowest BCUT2D eigenvalue weighted by Gasteiger charge is -2.06. The van der Waals surface area contributed by atoms with Gasteiger partial charge >= 0.3 is 5.97 Å². The van der Waals surface area contributed by atoms with Gasteiger partial charge in [-0.1, -0.05) is 5.16 Å². The van der Waals surface area contributed by atoms with E-state index >= 15 is 0 Å². The quantitative estimate of drug-likeness (QED) is 0.880. The van der Waals surface area contributed by atoms with Crippen LogP contribution in [0.15, 0.2) is 9.90 Å². The Bertz CT molecular complexity index is 652. The van der Waals surface area contributed by atoms with Crippen LogP contribution < -0.4 is 5.32 Å². The number of aryl methyl sites for hydroxylation is 3. The first-order chi connectivity index (χ1) is 9.45. The summed E-state index contributed by atoms with van der Waals surface area (Å²) in [5.74, 6) is -0.391. The second-order valence-corrected chi connectivity index (χ2v) is 5.15. The normalized spacial score (nSPS) is 10.4. The Kier molecular flexibility index (Phi) is 3.89. The van der Waals surface area contributed by atoms with Gasteiger partial charge in [0.25, 0.3) is 5.91 Å². The van der Waals surface area contributed by atoms with Crippen molar-refractivity contribution in [1.82, 2.24) is 5.16 Å². The van der Waals surface area contributed by atoms with E-state index in [-0.39, 0.29) is 5.91 Å². The summed E-state index contributed by atoms with van der Waals surface area (Å²) in [4.78, 5) is 24.3. The van der Waals surface area contributed by atoms with Crippen LogP contribution in [-0.2, 0) is 4.74 Å². The number of carbonyl (C=O) groups is 2. The molecule has 0 aliphatic heterocycles. The average molecular weight is 294 g/mol. The number of nitrogens with zero attached hydrogens (tertiary/aromatic N) is 1. The maximum absolute atomic E-state index is 12.3. The van der Waals surface area contributed by atoms with Gasteiger partial charge < -0.3 is 14.6 Å². The van der Waals surface area contributed by atoms with Crippen molar-refractivity contribution in [2.75, 3.05) is 12.4 Å². The van der Waals surface area contributed by atoms with Gasteiger partial charge in [0, 0.05) is 0 Å². The molecule has 0 aliphatic carbocycles. The number of anilines is 1. The molecule has 0 aromatic carbocycles. The van der Waals surface area contributed by atoms with Gasteiger partial charge in [0.1, 0.15) is 16.2 Å². The molecule has 0 saturated carbocycles. The monoisotopic (exact) mass is 294 g/mol. The SMILES string of the molecule is COC(=O)c1scc(C)c1NC(=O)c1c(C)noc1C. The van der Waals surface area contributed by atoms with Gasteiger partial charge in [-0.15, -0.1) is 11.3 Å². The number of hydrogen-bond donors (Lipinski definition) is 1. The predicted octanol–water partition coefficient (Wildman–Crippen LogP) is 2.70. The highest BCUT2D eigenvalue weighted by Gasteiger charge is 2.22. The number of esters is 1. The maximum Gasteiger partial charge on any atom is 0.350 e. The molecule has 0 bridgehead atoms. The van der Waals surface area contributed by atoms with E-state index in [2.05, 4.69) is 10.5 Å². The van der Waals surface area contributed by atoms with Crippen LogP contribution in [0.5, 0.6) is 0 Å². The molecule has 7 heteroatoms. The maximum atomic E-state index is 12.3. The summed E-state index contributed by atoms with van der Waals surface area (Å²) in [5, 5.41) is 8.25. The Morgan fingerprint density at radius 2 is 2.05 bits per heavy atom. The largest absolute Gasteiger partial charge is 0.465 e. The zero-order valence-corrected chi connectivity index (χ0v) is 12.4. The number of methoxy groups -OCH3 is 1. The Hall–Kier alpha value is -2.15. The molecule has 6 nitrogen and oxygen atoms in total. The number of ether oxygens (including phenoxy) is 1. The van der Waals surface area contributed by atoms with Crippen molar-refractivity contribution >= 4 is 28.9 Å². The smallest absolute Gasteiger partial charge is 0.350 e. The van der Waals surface area contributed by atoms with E-state index in [9.17, 15) is 9.59 Å². The summed E-state index contributed by atoms with van der Waals surface area (Å²) < 4.78 is 9.66. The number of thiophene rings is 1. The van der Waals surface area contributed by atoms with E-state index in [1.807, 2.05) is 6.92 Å². The van der Waals surface area contributed by atoms with Gasteiger partial charge in [0.05, 0.1) is 18.5 Å². The molecule has 2 aromatic heterocycles. The van der Waals surface area contributed by atoms with Crippen molar-refractivity contribution in [2.24, 2.45) is 0 Å². The third kappa shape index (κ3) is 2.44. The van der Waals surface area contributed by atoms with Crippen LogP contribution in [-0.4, -0.2) is 24.1 Å². The third-order valence-corrected chi connectivity index (χ3v) is 3.92. The molecular weight excluding hydrogens is 280 g/mol. The fourth-order valence-electron chi connectivity index (χ4n) is 1.83. The van der Waals surface area contributed by atoms with Gasteiger partial charge in [-0.05, 0) is 31.7 Å². The molecule has 1 amide bonds. The average Bonchev–Trinajstić information content (AvgIpc) is 2.93. The van der Waals surface area contributed by atoms with E-state index in [0.29, 0.717) is 27.6 Å². The molecule has 1 N–H and O–H groups in total. The molecule has 0 unspecified atom stereocenters. The number of hydrogen-bond acceptors (Lipinski definition) is 6. The standard InChI is InChI=1S/C13H14N2O4S/c1-6-5-20-11(13(17)18-4)10(6)14-12(16)9-7(2)15-19-8(9)3/h5H,1-4H3,(H,14,16). The number of carbonyl (C=O) groups excluding carboxylic acids is 2. The van der Waals surface area contributed by atoms with Crippen LogP contribution >= 0.6 is 11.3 Å². The van der Waals surface area contributed by atoms with Gasteiger partial charge in [0.15, 0.2) is 0 Å². The van der Waals surface area contributed by atoms with Crippen molar-refractivity contribution in [1.29, 1.82) is 0 Å². The van der Waals surface area contributed by atoms with Gasteiger partial charge in [-0.2, -0.15) is 0 Å². The van der Waals surface area contributed by atoms with Gasteiger partial charge in [-0.25, -0.2) is 4.79 Å². The molecular formula is C13H14N2O4S. The molecule has 20 heavy (non-hydrogen) atoms. The van der Waals surface area contributed by atoms with E-state index in [4.69, 9.17) is 9.26 Å². The highest BCUT2D eigenvalue weighted by molar-refractivity contribution is 7.12. The number of nitrogens with one attached hydrogen (secondary N) is 1. The first-order valence-electron chi connectivity index (χ1n) is 5.86. The summed E-state index contributed by atoms with van der Waals surface area (Å²) in [6.07, 6.45) is 0. The topological polar surface area (TPSA) is 81.4 Å². The second kappa shape index (κ2) is 5.46. The highest BCUT2D eigenvalue weighted by atomic mass is 32.1. The highest BCUT2D eigenvalue weighted by Crippen LogP contribution is 2.29. The van der Waals surface area contributed by atoms with E-state index < -0.39 is 5.97 Å². The first kappa shape index (κ1) is 14.3. The van der Waals surface area contributed by atoms with E-state index in [1.165, 1.54) is 18.4 Å². The Morgan fingerprint density at radius 1 is 1.35 bits per heavy atom. The Morgan fingerprint density at radius 3 is 2.60 bits per heavy atom. The fraction of sp³-hybridized carbons (Fsp3) is 0.308.